The second-order valence-electron chi connectivity index (χ2n) is 7.49. The summed E-state index contributed by atoms with van der Waals surface area (Å²) in [6.45, 7) is 0.905. The van der Waals surface area contributed by atoms with Gasteiger partial charge in [0, 0.05) is 31.4 Å². The summed E-state index contributed by atoms with van der Waals surface area (Å²) in [5.74, 6) is -0.545. The number of benzene rings is 3. The van der Waals surface area contributed by atoms with Gasteiger partial charge in [0.1, 0.15) is 5.75 Å². The third-order valence-electron chi connectivity index (χ3n) is 4.91. The molecule has 3 N–H and O–H groups in total. The van der Waals surface area contributed by atoms with Gasteiger partial charge in [-0.2, -0.15) is 0 Å². The summed E-state index contributed by atoms with van der Waals surface area (Å²) in [5, 5.41) is 2.76. The molecule has 0 heterocycles. The molecule has 0 fully saturated rings. The number of ether oxygens (including phenoxy) is 1. The third-order valence-corrected chi connectivity index (χ3v) is 5.53. The smallest absolute Gasteiger partial charge is 0.269 e. The number of hydrogen-bond donors (Lipinski definition) is 3. The molecule has 7 nitrogen and oxygen atoms in total. The number of carbonyl (C=O) groups excluding carboxylic acids is 3. The van der Waals surface area contributed by atoms with Gasteiger partial charge < -0.3 is 10.1 Å². The third kappa shape index (κ3) is 8.37. The standard InChI is InChI=1S/C26H26BrN3O4/c27-22-17-21(11-12-23(22)34-16-15-19-7-3-1-4-8-19)26(33)30-29-25(32)14-13-24(31)28-18-20-9-5-2-6-10-20/h1-12,17H,13-16,18H2,(H,28,31)(H,29,32)(H,30,33). The lowest BCUT2D eigenvalue weighted by molar-refractivity contribution is -0.126. The van der Waals surface area contributed by atoms with Crippen molar-refractivity contribution >= 4 is 33.7 Å². The quantitative estimate of drug-likeness (QED) is 0.351. The van der Waals surface area contributed by atoms with Gasteiger partial charge in [-0.1, -0.05) is 60.7 Å². The molecule has 3 amide bonds. The maximum atomic E-state index is 12.3. The lowest BCUT2D eigenvalue weighted by Crippen LogP contribution is -2.42. The van der Waals surface area contributed by atoms with Gasteiger partial charge in [0.2, 0.25) is 11.8 Å². The zero-order valence-electron chi connectivity index (χ0n) is 18.6. The fourth-order valence-corrected chi connectivity index (χ4v) is 3.55. The number of hydrogen-bond acceptors (Lipinski definition) is 4. The van der Waals surface area contributed by atoms with E-state index in [1.807, 2.05) is 60.7 Å². The maximum Gasteiger partial charge on any atom is 0.269 e. The van der Waals surface area contributed by atoms with E-state index in [-0.39, 0.29) is 18.7 Å². The van der Waals surface area contributed by atoms with Crippen molar-refractivity contribution in [1.82, 2.24) is 16.2 Å². The van der Waals surface area contributed by atoms with Crippen LogP contribution in [0.3, 0.4) is 0 Å². The van der Waals surface area contributed by atoms with E-state index in [4.69, 9.17) is 4.74 Å². The average molecular weight is 524 g/mol. The predicted octanol–water partition coefficient (Wildman–Crippen LogP) is 3.93. The molecule has 0 saturated carbocycles. The molecule has 3 aromatic carbocycles. The van der Waals surface area contributed by atoms with Crippen LogP contribution in [0.4, 0.5) is 0 Å². The van der Waals surface area contributed by atoms with Gasteiger partial charge in [-0.25, -0.2) is 0 Å². The lowest BCUT2D eigenvalue weighted by atomic mass is 10.2. The van der Waals surface area contributed by atoms with E-state index in [9.17, 15) is 14.4 Å². The zero-order valence-corrected chi connectivity index (χ0v) is 20.1. The van der Waals surface area contributed by atoms with E-state index < -0.39 is 11.8 Å². The maximum absolute atomic E-state index is 12.3. The van der Waals surface area contributed by atoms with Crippen molar-refractivity contribution in [2.24, 2.45) is 0 Å². The van der Waals surface area contributed by atoms with Gasteiger partial charge in [-0.3, -0.25) is 25.2 Å². The first kappa shape index (κ1) is 25.0. The molecule has 0 aromatic heterocycles. The molecule has 34 heavy (non-hydrogen) atoms. The number of hydrazine groups is 1. The Hall–Kier alpha value is -3.65. The molecule has 8 heteroatoms. The Bertz CT molecular complexity index is 1110. The second kappa shape index (κ2) is 13.2. The van der Waals surface area contributed by atoms with E-state index in [1.165, 1.54) is 5.56 Å². The minimum atomic E-state index is -0.474. The fraction of sp³-hybridized carbons (Fsp3) is 0.192. The summed E-state index contributed by atoms with van der Waals surface area (Å²) in [5.41, 5.74) is 7.20. The molecule has 0 bridgehead atoms. The highest BCUT2D eigenvalue weighted by Crippen LogP contribution is 2.26. The lowest BCUT2D eigenvalue weighted by Gasteiger charge is -2.11. The highest BCUT2D eigenvalue weighted by Gasteiger charge is 2.12. The van der Waals surface area contributed by atoms with E-state index in [0.29, 0.717) is 28.9 Å². The molecule has 0 atom stereocenters. The molecular formula is C26H26BrN3O4. The molecule has 0 spiro atoms. The van der Waals surface area contributed by atoms with E-state index >= 15 is 0 Å². The molecule has 3 aromatic rings. The van der Waals surface area contributed by atoms with Crippen molar-refractivity contribution in [3.8, 4) is 5.75 Å². The van der Waals surface area contributed by atoms with Gasteiger partial charge >= 0.3 is 0 Å². The summed E-state index contributed by atoms with van der Waals surface area (Å²) >= 11 is 3.42. The van der Waals surface area contributed by atoms with Gasteiger partial charge in [0.05, 0.1) is 11.1 Å². The zero-order chi connectivity index (χ0) is 24.2. The van der Waals surface area contributed by atoms with E-state index in [0.717, 1.165) is 12.0 Å². The predicted molar refractivity (Wildman–Crippen MR) is 133 cm³/mol. The van der Waals surface area contributed by atoms with Crippen LogP contribution in [-0.4, -0.2) is 24.3 Å². The van der Waals surface area contributed by atoms with Crippen LogP contribution in [0.1, 0.15) is 34.3 Å². The summed E-state index contributed by atoms with van der Waals surface area (Å²) in [7, 11) is 0. The van der Waals surface area contributed by atoms with Gasteiger partial charge in [0.15, 0.2) is 0 Å². The van der Waals surface area contributed by atoms with Crippen molar-refractivity contribution in [2.45, 2.75) is 25.8 Å². The molecule has 0 radical (unpaired) electrons. The normalized spacial score (nSPS) is 10.3. The molecule has 0 aliphatic carbocycles. The largest absolute Gasteiger partial charge is 0.492 e. The number of halogens is 1. The minimum absolute atomic E-state index is 0.0229. The van der Waals surface area contributed by atoms with Crippen molar-refractivity contribution in [1.29, 1.82) is 0 Å². The average Bonchev–Trinajstić information content (AvgIpc) is 2.87. The van der Waals surface area contributed by atoms with Gasteiger partial charge in [-0.05, 0) is 45.3 Å². The summed E-state index contributed by atoms with van der Waals surface area (Å²) in [6.07, 6.45) is 0.750. The molecule has 3 rings (SSSR count). The van der Waals surface area contributed by atoms with Crippen molar-refractivity contribution in [3.05, 3.63) is 100 Å². The Kier molecular flexibility index (Phi) is 9.66. The Labute approximate surface area is 207 Å². The summed E-state index contributed by atoms with van der Waals surface area (Å²) < 4.78 is 6.42. The Morgan fingerprint density at radius 1 is 0.765 bits per heavy atom. The number of amides is 3. The SMILES string of the molecule is O=C(CCC(=O)NNC(=O)c1ccc(OCCc2ccccc2)c(Br)c1)NCc1ccccc1. The topological polar surface area (TPSA) is 96.5 Å². The van der Waals surface area contributed by atoms with E-state index in [2.05, 4.69) is 32.1 Å². The van der Waals surface area contributed by atoms with Crippen LogP contribution in [0.2, 0.25) is 0 Å². The number of nitrogens with one attached hydrogen (secondary N) is 3. The van der Waals surface area contributed by atoms with Crippen LogP contribution in [0.25, 0.3) is 0 Å². The Morgan fingerprint density at radius 2 is 1.41 bits per heavy atom. The van der Waals surface area contributed by atoms with Crippen molar-refractivity contribution in [2.75, 3.05) is 6.61 Å². The molecule has 176 valence electrons. The van der Waals surface area contributed by atoms with Crippen LogP contribution in [0.5, 0.6) is 5.75 Å². The summed E-state index contributed by atoms with van der Waals surface area (Å²) in [4.78, 5) is 36.2. The van der Waals surface area contributed by atoms with Crippen molar-refractivity contribution in [3.63, 3.8) is 0 Å². The fourth-order valence-electron chi connectivity index (χ4n) is 3.06. The number of carbonyl (C=O) groups is 3. The van der Waals surface area contributed by atoms with Crippen LogP contribution >= 0.6 is 15.9 Å². The van der Waals surface area contributed by atoms with Crippen LogP contribution in [-0.2, 0) is 22.6 Å². The van der Waals surface area contributed by atoms with Gasteiger partial charge in [-0.15, -0.1) is 0 Å². The monoisotopic (exact) mass is 523 g/mol. The first-order chi connectivity index (χ1) is 16.5. The molecule has 0 unspecified atom stereocenters. The number of rotatable bonds is 10. The Morgan fingerprint density at radius 3 is 2.09 bits per heavy atom. The molecular weight excluding hydrogens is 498 g/mol. The van der Waals surface area contributed by atoms with Gasteiger partial charge in [0.25, 0.3) is 5.91 Å². The molecule has 0 aliphatic heterocycles. The van der Waals surface area contributed by atoms with Crippen LogP contribution in [0, 0.1) is 0 Å². The first-order valence-corrected chi connectivity index (χ1v) is 11.7. The minimum Gasteiger partial charge on any atom is -0.492 e. The second-order valence-corrected chi connectivity index (χ2v) is 8.35. The summed E-state index contributed by atoms with van der Waals surface area (Å²) in [6, 6.07) is 24.4. The van der Waals surface area contributed by atoms with E-state index in [1.54, 1.807) is 18.2 Å². The highest BCUT2D eigenvalue weighted by molar-refractivity contribution is 9.10. The van der Waals surface area contributed by atoms with Crippen LogP contribution in [0.15, 0.2) is 83.3 Å². The molecule has 0 aliphatic rings. The first-order valence-electron chi connectivity index (χ1n) is 10.9. The van der Waals surface area contributed by atoms with Crippen molar-refractivity contribution < 1.29 is 19.1 Å². The molecule has 0 saturated heterocycles. The van der Waals surface area contributed by atoms with Crippen LogP contribution < -0.4 is 20.9 Å². The highest BCUT2D eigenvalue weighted by atomic mass is 79.9. The Balaban J connectivity index is 1.36.